The normalized spacial score (nSPS) is 21.9. The molecular weight excluding hydrogens is 258 g/mol. The highest BCUT2D eigenvalue weighted by atomic mass is 32.1. The number of aliphatic imine (C=N–C) groups is 1. The van der Waals surface area contributed by atoms with Gasteiger partial charge in [-0.25, -0.2) is 9.98 Å². The Kier molecular flexibility index (Phi) is 3.26. The summed E-state index contributed by atoms with van der Waals surface area (Å²) in [6, 6.07) is 0. The molecule has 0 saturated heterocycles. The number of thiocarbonyl (C=S) groups is 1. The van der Waals surface area contributed by atoms with Gasteiger partial charge in [0.15, 0.2) is 17.8 Å². The van der Waals surface area contributed by atoms with E-state index in [0.717, 1.165) is 36.3 Å². The number of hydrogen-bond acceptors (Lipinski definition) is 5. The number of amidine groups is 1. The summed E-state index contributed by atoms with van der Waals surface area (Å²) in [7, 11) is 0. The summed E-state index contributed by atoms with van der Waals surface area (Å²) >= 11 is 5.11. The van der Waals surface area contributed by atoms with E-state index in [1.165, 1.54) is 12.8 Å². The summed E-state index contributed by atoms with van der Waals surface area (Å²) in [4.78, 5) is 15.0. The van der Waals surface area contributed by atoms with Gasteiger partial charge < -0.3 is 15.2 Å². The summed E-state index contributed by atoms with van der Waals surface area (Å²) in [5, 5.41) is 5.01. The molecule has 1 saturated carbocycles. The van der Waals surface area contributed by atoms with Crippen molar-refractivity contribution in [3.05, 3.63) is 11.5 Å². The van der Waals surface area contributed by atoms with Crippen molar-refractivity contribution < 1.29 is 0 Å². The molecule has 6 heteroatoms. The van der Waals surface area contributed by atoms with Crippen molar-refractivity contribution in [2.24, 2.45) is 4.99 Å². The third-order valence-corrected chi connectivity index (χ3v) is 3.81. The molecule has 1 aliphatic heterocycles. The molecule has 1 aromatic rings. The fourth-order valence-corrected chi connectivity index (χ4v) is 2.65. The number of hydrogen-bond donors (Lipinski definition) is 2. The molecule has 2 heterocycles. The molecule has 1 aliphatic carbocycles. The van der Waals surface area contributed by atoms with Crippen molar-refractivity contribution in [2.45, 2.75) is 38.8 Å². The summed E-state index contributed by atoms with van der Waals surface area (Å²) in [5.74, 6) is 3.58. The molecule has 0 radical (unpaired) electrons. The van der Waals surface area contributed by atoms with Gasteiger partial charge in [0.1, 0.15) is 11.5 Å². The zero-order valence-electron chi connectivity index (χ0n) is 11.3. The predicted octanol–water partition coefficient (Wildman–Crippen LogP) is 1.81. The Morgan fingerprint density at radius 1 is 1.47 bits per heavy atom. The molecule has 0 bridgehead atoms. The second-order valence-corrected chi connectivity index (χ2v) is 5.21. The molecule has 1 unspecified atom stereocenters. The second-order valence-electron chi connectivity index (χ2n) is 4.94. The summed E-state index contributed by atoms with van der Waals surface area (Å²) in [6.07, 6.45) is 2.38. The van der Waals surface area contributed by atoms with Gasteiger partial charge in [-0.2, -0.15) is 0 Å². The molecule has 2 N–H and O–H groups in total. The van der Waals surface area contributed by atoms with Crippen molar-refractivity contribution in [3.8, 4) is 0 Å². The Morgan fingerprint density at radius 3 is 2.84 bits per heavy atom. The lowest BCUT2D eigenvalue weighted by atomic mass is 10.2. The van der Waals surface area contributed by atoms with Gasteiger partial charge in [-0.1, -0.05) is 12.2 Å². The van der Waals surface area contributed by atoms with Gasteiger partial charge in [0.2, 0.25) is 0 Å². The molecule has 3 rings (SSSR count). The zero-order chi connectivity index (χ0) is 13.4. The molecule has 0 spiro atoms. The number of aromatic amines is 1. The predicted molar refractivity (Wildman–Crippen MR) is 81.2 cm³/mol. The van der Waals surface area contributed by atoms with Crippen LogP contribution in [0, 0.1) is 0 Å². The summed E-state index contributed by atoms with van der Waals surface area (Å²) in [6.45, 7) is 5.86. The summed E-state index contributed by atoms with van der Waals surface area (Å²) in [5.41, 5.74) is 1.01. The number of H-pyrrole nitrogens is 1. The molecular formula is C13H19N5S. The van der Waals surface area contributed by atoms with Crippen molar-refractivity contribution in [3.63, 3.8) is 0 Å². The van der Waals surface area contributed by atoms with Gasteiger partial charge in [-0.15, -0.1) is 0 Å². The average Bonchev–Trinajstić information content (AvgIpc) is 3.18. The zero-order valence-corrected chi connectivity index (χ0v) is 12.1. The van der Waals surface area contributed by atoms with Crippen molar-refractivity contribution in [1.82, 2.24) is 15.3 Å². The van der Waals surface area contributed by atoms with Crippen LogP contribution in [-0.4, -0.2) is 40.4 Å². The standard InChI is InChI=1S/C13H19N5S/c1-3-14-12-10-13(17-11(16-10)8-5-6-8)18(4-2)9(7-19)15-12/h7-9H,3-6H2,1-2H3,(H,14,15)(H,16,17). The van der Waals surface area contributed by atoms with E-state index < -0.39 is 0 Å². The van der Waals surface area contributed by atoms with Crippen LogP contribution in [0.2, 0.25) is 0 Å². The van der Waals surface area contributed by atoms with Gasteiger partial charge in [0.05, 0.1) is 0 Å². The number of nitrogens with one attached hydrogen (secondary N) is 2. The van der Waals surface area contributed by atoms with Crippen LogP contribution in [0.15, 0.2) is 4.99 Å². The van der Waals surface area contributed by atoms with Crippen molar-refractivity contribution >= 4 is 29.2 Å². The first-order valence-corrected chi connectivity index (χ1v) is 7.39. The number of anilines is 1. The maximum atomic E-state index is 5.11. The number of rotatable bonds is 4. The van der Waals surface area contributed by atoms with Crippen LogP contribution >= 0.6 is 12.2 Å². The van der Waals surface area contributed by atoms with Gasteiger partial charge in [0, 0.05) is 24.4 Å². The highest BCUT2D eigenvalue weighted by molar-refractivity contribution is 7.79. The number of imidazole rings is 1. The van der Waals surface area contributed by atoms with E-state index in [2.05, 4.69) is 34.0 Å². The lowest BCUT2D eigenvalue weighted by Crippen LogP contribution is -2.42. The number of aromatic nitrogens is 2. The van der Waals surface area contributed by atoms with Crippen molar-refractivity contribution in [2.75, 3.05) is 18.0 Å². The van der Waals surface area contributed by atoms with E-state index in [1.54, 1.807) is 5.37 Å². The highest BCUT2D eigenvalue weighted by Crippen LogP contribution is 2.40. The first-order valence-electron chi connectivity index (χ1n) is 6.92. The van der Waals surface area contributed by atoms with Crippen molar-refractivity contribution in [1.29, 1.82) is 0 Å². The summed E-state index contributed by atoms with van der Waals surface area (Å²) < 4.78 is 0. The van der Waals surface area contributed by atoms with Crippen LogP contribution in [0.25, 0.3) is 0 Å². The van der Waals surface area contributed by atoms with Crippen LogP contribution in [0.3, 0.4) is 0 Å². The van der Waals surface area contributed by atoms with Crippen LogP contribution in [0.5, 0.6) is 0 Å². The third-order valence-electron chi connectivity index (χ3n) is 3.56. The minimum atomic E-state index is -0.100. The lowest BCUT2D eigenvalue weighted by molar-refractivity contribution is 0.743. The molecule has 0 amide bonds. The van der Waals surface area contributed by atoms with Crippen LogP contribution in [0.1, 0.15) is 44.1 Å². The molecule has 19 heavy (non-hydrogen) atoms. The van der Waals surface area contributed by atoms with Crippen LogP contribution in [0.4, 0.5) is 5.82 Å². The monoisotopic (exact) mass is 277 g/mol. The number of nitrogens with zero attached hydrogens (tertiary/aromatic N) is 3. The van der Waals surface area contributed by atoms with E-state index in [-0.39, 0.29) is 6.17 Å². The molecule has 1 fully saturated rings. The van der Waals surface area contributed by atoms with Crippen LogP contribution < -0.4 is 10.2 Å². The maximum Gasteiger partial charge on any atom is 0.160 e. The minimum Gasteiger partial charge on any atom is -0.369 e. The Labute approximate surface area is 118 Å². The molecule has 2 aliphatic rings. The van der Waals surface area contributed by atoms with E-state index >= 15 is 0 Å². The first-order chi connectivity index (χ1) is 9.28. The van der Waals surface area contributed by atoms with E-state index in [9.17, 15) is 0 Å². The Morgan fingerprint density at radius 2 is 2.26 bits per heavy atom. The number of fused-ring (bicyclic) bond motifs is 1. The van der Waals surface area contributed by atoms with E-state index in [4.69, 9.17) is 17.2 Å². The average molecular weight is 277 g/mol. The molecule has 1 aromatic heterocycles. The Hall–Kier alpha value is -1.43. The molecule has 0 aromatic carbocycles. The second kappa shape index (κ2) is 4.92. The Bertz CT molecular complexity index is 517. The maximum absolute atomic E-state index is 5.11. The fourth-order valence-electron chi connectivity index (χ4n) is 2.44. The van der Waals surface area contributed by atoms with Gasteiger partial charge in [0.25, 0.3) is 0 Å². The smallest absolute Gasteiger partial charge is 0.160 e. The van der Waals surface area contributed by atoms with Gasteiger partial charge >= 0.3 is 0 Å². The topological polar surface area (TPSA) is 56.3 Å². The molecule has 102 valence electrons. The fraction of sp³-hybridized carbons (Fsp3) is 0.615. The SMILES string of the molecule is CCNC1=NC(C=S)N(CC)c2nc(C3CC3)[nH]c21. The largest absolute Gasteiger partial charge is 0.369 e. The Balaban J connectivity index is 2.04. The third kappa shape index (κ3) is 2.14. The van der Waals surface area contributed by atoms with Crippen LogP contribution in [-0.2, 0) is 0 Å². The molecule has 5 nitrogen and oxygen atoms in total. The molecule has 1 atom stereocenters. The van der Waals surface area contributed by atoms with E-state index in [1.807, 2.05) is 0 Å². The van der Waals surface area contributed by atoms with Gasteiger partial charge in [-0.05, 0) is 26.7 Å². The minimum absolute atomic E-state index is 0.100. The van der Waals surface area contributed by atoms with Gasteiger partial charge in [-0.3, -0.25) is 0 Å². The highest BCUT2D eigenvalue weighted by Gasteiger charge is 2.33. The first kappa shape index (κ1) is 12.6. The quantitative estimate of drug-likeness (QED) is 0.824. The lowest BCUT2D eigenvalue weighted by Gasteiger charge is -2.30. The van der Waals surface area contributed by atoms with E-state index in [0.29, 0.717) is 5.92 Å².